The SMILES string of the molecule is [O-]C1=CC([n+]2ccccc2)CCC1. The van der Waals surface area contributed by atoms with Gasteiger partial charge in [-0.05, 0) is 18.9 Å². The summed E-state index contributed by atoms with van der Waals surface area (Å²) in [6.07, 6.45) is 8.69. The zero-order valence-corrected chi connectivity index (χ0v) is 7.52. The molecular weight excluding hydrogens is 162 g/mol. The van der Waals surface area contributed by atoms with Gasteiger partial charge in [-0.2, -0.15) is 4.57 Å². The predicted octanol–water partition coefficient (Wildman–Crippen LogP) is 0.943. The molecule has 0 aliphatic heterocycles. The molecule has 2 rings (SSSR count). The minimum atomic E-state index is 0.280. The quantitative estimate of drug-likeness (QED) is 0.584. The molecule has 0 fully saturated rings. The smallest absolute Gasteiger partial charge is 0.176 e. The van der Waals surface area contributed by atoms with Crippen LogP contribution in [-0.4, -0.2) is 0 Å². The number of hydrogen-bond donors (Lipinski definition) is 0. The standard InChI is InChI=1S/C11H13NO/c13-11-6-4-5-10(9-11)12-7-2-1-3-8-12/h1-3,7-10H,4-6H2. The van der Waals surface area contributed by atoms with Gasteiger partial charge in [0, 0.05) is 18.6 Å². The van der Waals surface area contributed by atoms with E-state index in [0.29, 0.717) is 0 Å². The van der Waals surface area contributed by atoms with Gasteiger partial charge in [-0.15, -0.1) is 5.76 Å². The number of aromatic nitrogens is 1. The molecule has 1 aromatic rings. The molecule has 0 N–H and O–H groups in total. The van der Waals surface area contributed by atoms with Gasteiger partial charge in [-0.3, -0.25) is 0 Å². The van der Waals surface area contributed by atoms with Crippen molar-refractivity contribution < 1.29 is 9.67 Å². The highest BCUT2D eigenvalue weighted by atomic mass is 16.3. The van der Waals surface area contributed by atoms with Crippen LogP contribution >= 0.6 is 0 Å². The first-order chi connectivity index (χ1) is 6.36. The first-order valence-electron chi connectivity index (χ1n) is 4.70. The maximum atomic E-state index is 11.2. The minimum Gasteiger partial charge on any atom is -0.875 e. The van der Waals surface area contributed by atoms with Crippen LogP contribution in [0.4, 0.5) is 0 Å². The molecule has 1 heterocycles. The highest BCUT2D eigenvalue weighted by molar-refractivity contribution is 4.97. The third-order valence-electron chi connectivity index (χ3n) is 2.42. The van der Waals surface area contributed by atoms with E-state index in [2.05, 4.69) is 4.57 Å². The summed E-state index contributed by atoms with van der Waals surface area (Å²) in [4.78, 5) is 0. The molecule has 0 aromatic carbocycles. The molecule has 1 aliphatic carbocycles. The van der Waals surface area contributed by atoms with Crippen molar-refractivity contribution in [1.29, 1.82) is 0 Å². The Morgan fingerprint density at radius 3 is 2.69 bits per heavy atom. The van der Waals surface area contributed by atoms with Crippen molar-refractivity contribution in [1.82, 2.24) is 0 Å². The lowest BCUT2D eigenvalue weighted by Gasteiger charge is -2.20. The zero-order valence-electron chi connectivity index (χ0n) is 7.52. The van der Waals surface area contributed by atoms with Gasteiger partial charge < -0.3 is 5.11 Å². The fraction of sp³-hybridized carbons (Fsp3) is 0.364. The summed E-state index contributed by atoms with van der Waals surface area (Å²) in [7, 11) is 0. The first kappa shape index (κ1) is 8.30. The van der Waals surface area contributed by atoms with Crippen LogP contribution in [0.1, 0.15) is 25.3 Å². The van der Waals surface area contributed by atoms with Crippen molar-refractivity contribution in [3.63, 3.8) is 0 Å². The molecule has 0 radical (unpaired) electrons. The summed E-state index contributed by atoms with van der Waals surface area (Å²) in [6.45, 7) is 0. The molecule has 0 saturated heterocycles. The van der Waals surface area contributed by atoms with E-state index in [-0.39, 0.29) is 11.8 Å². The molecule has 2 heteroatoms. The average molecular weight is 175 g/mol. The van der Waals surface area contributed by atoms with Crippen molar-refractivity contribution in [3.05, 3.63) is 42.4 Å². The van der Waals surface area contributed by atoms with Crippen molar-refractivity contribution in [2.45, 2.75) is 25.3 Å². The lowest BCUT2D eigenvalue weighted by molar-refractivity contribution is -0.714. The summed E-state index contributed by atoms with van der Waals surface area (Å²) in [6, 6.07) is 6.25. The fourth-order valence-corrected chi connectivity index (χ4v) is 1.73. The Labute approximate surface area is 78.1 Å². The van der Waals surface area contributed by atoms with E-state index in [4.69, 9.17) is 0 Å². The van der Waals surface area contributed by atoms with Crippen molar-refractivity contribution in [2.24, 2.45) is 0 Å². The van der Waals surface area contributed by atoms with Crippen LogP contribution in [0.2, 0.25) is 0 Å². The fourth-order valence-electron chi connectivity index (χ4n) is 1.73. The monoisotopic (exact) mass is 175 g/mol. The lowest BCUT2D eigenvalue weighted by atomic mass is 10.0. The van der Waals surface area contributed by atoms with E-state index in [1.54, 1.807) is 0 Å². The third-order valence-corrected chi connectivity index (χ3v) is 2.42. The Morgan fingerprint density at radius 1 is 1.23 bits per heavy atom. The lowest BCUT2D eigenvalue weighted by Crippen LogP contribution is -2.39. The van der Waals surface area contributed by atoms with Gasteiger partial charge in [-0.1, -0.05) is 6.07 Å². The van der Waals surface area contributed by atoms with E-state index < -0.39 is 0 Å². The van der Waals surface area contributed by atoms with Gasteiger partial charge in [0.2, 0.25) is 0 Å². The molecule has 68 valence electrons. The summed E-state index contributed by atoms with van der Waals surface area (Å²) in [5, 5.41) is 11.2. The number of allylic oxidation sites excluding steroid dienone is 2. The molecule has 0 bridgehead atoms. The van der Waals surface area contributed by atoms with Crippen LogP contribution in [0.15, 0.2) is 42.4 Å². The normalized spacial score (nSPS) is 22.5. The second kappa shape index (κ2) is 3.60. The zero-order chi connectivity index (χ0) is 9.10. The van der Waals surface area contributed by atoms with Crippen LogP contribution < -0.4 is 9.67 Å². The topological polar surface area (TPSA) is 26.9 Å². The first-order valence-corrected chi connectivity index (χ1v) is 4.70. The van der Waals surface area contributed by atoms with Crippen LogP contribution in [0.25, 0.3) is 0 Å². The molecule has 1 aromatic heterocycles. The summed E-state index contributed by atoms with van der Waals surface area (Å²) in [5.74, 6) is 0.285. The van der Waals surface area contributed by atoms with Gasteiger partial charge in [0.05, 0.1) is 0 Å². The van der Waals surface area contributed by atoms with Gasteiger partial charge >= 0.3 is 0 Å². The molecule has 0 spiro atoms. The number of rotatable bonds is 1. The average Bonchev–Trinajstić information content (AvgIpc) is 2.19. The van der Waals surface area contributed by atoms with Gasteiger partial charge in [0.1, 0.15) is 0 Å². The number of pyridine rings is 1. The van der Waals surface area contributed by atoms with E-state index in [9.17, 15) is 5.11 Å². The van der Waals surface area contributed by atoms with Crippen LogP contribution in [0.5, 0.6) is 0 Å². The maximum absolute atomic E-state index is 11.2. The summed E-state index contributed by atoms with van der Waals surface area (Å²) in [5.41, 5.74) is 0. The van der Waals surface area contributed by atoms with E-state index in [1.807, 2.05) is 36.7 Å². The molecular formula is C11H13NO. The molecule has 13 heavy (non-hydrogen) atoms. The molecule has 1 atom stereocenters. The molecule has 0 amide bonds. The Bertz CT molecular complexity index is 305. The van der Waals surface area contributed by atoms with Gasteiger partial charge in [0.15, 0.2) is 18.4 Å². The maximum Gasteiger partial charge on any atom is 0.176 e. The Hall–Kier alpha value is -1.31. The number of hydrogen-bond acceptors (Lipinski definition) is 1. The third kappa shape index (κ3) is 1.89. The second-order valence-corrected chi connectivity index (χ2v) is 3.42. The highest BCUT2D eigenvalue weighted by Crippen LogP contribution is 2.19. The summed E-state index contributed by atoms with van der Waals surface area (Å²) < 4.78 is 2.09. The molecule has 1 unspecified atom stereocenters. The van der Waals surface area contributed by atoms with E-state index in [0.717, 1.165) is 19.3 Å². The number of nitrogens with zero attached hydrogens (tertiary/aromatic N) is 1. The predicted molar refractivity (Wildman–Crippen MR) is 47.6 cm³/mol. The second-order valence-electron chi connectivity index (χ2n) is 3.42. The van der Waals surface area contributed by atoms with Crippen molar-refractivity contribution in [3.8, 4) is 0 Å². The van der Waals surface area contributed by atoms with Crippen LogP contribution in [-0.2, 0) is 0 Å². The Kier molecular flexibility index (Phi) is 2.30. The highest BCUT2D eigenvalue weighted by Gasteiger charge is 2.16. The largest absolute Gasteiger partial charge is 0.875 e. The van der Waals surface area contributed by atoms with Crippen LogP contribution in [0, 0.1) is 0 Å². The molecule has 2 nitrogen and oxygen atoms in total. The van der Waals surface area contributed by atoms with Gasteiger partial charge in [0.25, 0.3) is 0 Å². The van der Waals surface area contributed by atoms with Crippen molar-refractivity contribution in [2.75, 3.05) is 0 Å². The Morgan fingerprint density at radius 2 is 2.00 bits per heavy atom. The van der Waals surface area contributed by atoms with E-state index >= 15 is 0 Å². The van der Waals surface area contributed by atoms with Crippen molar-refractivity contribution >= 4 is 0 Å². The molecule has 1 aliphatic rings. The van der Waals surface area contributed by atoms with E-state index in [1.165, 1.54) is 0 Å². The summed E-state index contributed by atoms with van der Waals surface area (Å²) >= 11 is 0. The molecule has 0 saturated carbocycles. The Balaban J connectivity index is 2.22. The van der Waals surface area contributed by atoms with Crippen LogP contribution in [0.3, 0.4) is 0 Å². The minimum absolute atomic E-state index is 0.280. The van der Waals surface area contributed by atoms with Gasteiger partial charge in [-0.25, -0.2) is 0 Å².